The van der Waals surface area contributed by atoms with Crippen LogP contribution in [-0.4, -0.2) is 44.8 Å². The predicted molar refractivity (Wildman–Crippen MR) is 136 cm³/mol. The van der Waals surface area contributed by atoms with Gasteiger partial charge in [0.25, 0.3) is 0 Å². The monoisotopic (exact) mass is 470 g/mol. The molecule has 3 aromatic heterocycles. The van der Waals surface area contributed by atoms with E-state index in [0.717, 1.165) is 60.2 Å². The zero-order valence-corrected chi connectivity index (χ0v) is 20.1. The Labute approximate surface area is 204 Å². The average molecular weight is 471 g/mol. The van der Waals surface area contributed by atoms with Crippen LogP contribution in [0.15, 0.2) is 60.6 Å². The number of fused-ring (bicyclic) bond motifs is 3. The summed E-state index contributed by atoms with van der Waals surface area (Å²) in [7, 11) is 1.75. The molecule has 5 rings (SSSR count). The fourth-order valence-electron chi connectivity index (χ4n) is 4.38. The molecule has 1 aliphatic rings. The lowest BCUT2D eigenvalue weighted by Crippen LogP contribution is -2.26. The number of nitriles is 1. The van der Waals surface area contributed by atoms with Gasteiger partial charge < -0.3 is 20.0 Å². The van der Waals surface area contributed by atoms with Crippen LogP contribution >= 0.6 is 0 Å². The molecule has 35 heavy (non-hydrogen) atoms. The van der Waals surface area contributed by atoms with Gasteiger partial charge in [-0.3, -0.25) is 4.98 Å². The molecule has 9 heteroatoms. The third-order valence-electron chi connectivity index (χ3n) is 5.99. The Morgan fingerprint density at radius 1 is 1.14 bits per heavy atom. The molecule has 0 aliphatic carbocycles. The van der Waals surface area contributed by atoms with Crippen LogP contribution in [0.2, 0.25) is 0 Å². The van der Waals surface area contributed by atoms with E-state index >= 15 is 0 Å². The predicted octanol–water partition coefficient (Wildman–Crippen LogP) is 3.42. The van der Waals surface area contributed by atoms with Gasteiger partial charge in [-0.25, -0.2) is 15.8 Å². The molecule has 1 aliphatic heterocycles. The number of benzene rings is 1. The highest BCUT2D eigenvalue weighted by Crippen LogP contribution is 2.31. The number of allylic oxidation sites excluding steroid dienone is 1. The van der Waals surface area contributed by atoms with E-state index in [1.165, 1.54) is 5.01 Å². The largest absolute Gasteiger partial charge is 0.401 e. The second-order valence-corrected chi connectivity index (χ2v) is 8.60. The number of nitrogens with zero attached hydrogens (tertiary/aromatic N) is 6. The number of nitrogens with two attached hydrogens (primary N) is 2. The van der Waals surface area contributed by atoms with Gasteiger partial charge in [0.15, 0.2) is 0 Å². The number of pyridine rings is 1. The van der Waals surface area contributed by atoms with Gasteiger partial charge in [-0.2, -0.15) is 5.26 Å². The maximum atomic E-state index is 9.27. The SMILES string of the molecule is C/C(N)=C(\c1cnc2c3cnc(C#N)nc3n(CC3CCOCC3)c2c1)N(C)N.c1ccccc1. The highest BCUT2D eigenvalue weighted by Gasteiger charge is 2.21. The smallest absolute Gasteiger partial charge is 0.234 e. The van der Waals surface area contributed by atoms with E-state index in [9.17, 15) is 5.26 Å². The second kappa shape index (κ2) is 11.0. The standard InChI is InChI=1S/C20H24N8O.C6H6/c1-12(22)19(27(2)23)14-7-16-18(25-9-14)15-10-24-17(8-21)26-20(15)28(16)11-13-3-5-29-6-4-13;1-2-4-6-5-3-1/h7,9-10,13H,3-6,11,22-23H2,1-2H3;1-6H/b19-12-;. The van der Waals surface area contributed by atoms with Crippen LogP contribution < -0.4 is 11.6 Å². The van der Waals surface area contributed by atoms with E-state index < -0.39 is 0 Å². The molecule has 4 heterocycles. The summed E-state index contributed by atoms with van der Waals surface area (Å²) in [6.07, 6.45) is 5.41. The molecule has 0 unspecified atom stereocenters. The zero-order valence-electron chi connectivity index (χ0n) is 20.1. The average Bonchev–Trinajstić information content (AvgIpc) is 3.17. The van der Waals surface area contributed by atoms with Gasteiger partial charge in [-0.15, -0.1) is 0 Å². The topological polar surface area (TPSA) is 132 Å². The van der Waals surface area contributed by atoms with Crippen molar-refractivity contribution in [2.45, 2.75) is 26.3 Å². The van der Waals surface area contributed by atoms with Crippen molar-refractivity contribution >= 4 is 27.8 Å². The number of hydrogen-bond acceptors (Lipinski definition) is 8. The fourth-order valence-corrected chi connectivity index (χ4v) is 4.38. The Balaban J connectivity index is 0.000000421. The van der Waals surface area contributed by atoms with Crippen LogP contribution in [0.4, 0.5) is 0 Å². The molecule has 4 N–H and O–H groups in total. The van der Waals surface area contributed by atoms with Gasteiger partial charge in [0.05, 0.1) is 22.1 Å². The Kier molecular flexibility index (Phi) is 7.55. The Bertz CT molecular complexity index is 1330. The van der Waals surface area contributed by atoms with Crippen LogP contribution in [0.5, 0.6) is 0 Å². The van der Waals surface area contributed by atoms with E-state index in [1.807, 2.05) is 55.5 Å². The van der Waals surface area contributed by atoms with Gasteiger partial charge >= 0.3 is 0 Å². The van der Waals surface area contributed by atoms with Crippen LogP contribution in [0, 0.1) is 17.2 Å². The minimum atomic E-state index is 0.147. The zero-order chi connectivity index (χ0) is 24.8. The number of aromatic nitrogens is 4. The lowest BCUT2D eigenvalue weighted by Gasteiger charge is -2.23. The molecule has 4 aromatic rings. The van der Waals surface area contributed by atoms with Crippen molar-refractivity contribution < 1.29 is 4.74 Å². The summed E-state index contributed by atoms with van der Waals surface area (Å²) in [5.41, 5.74) is 10.7. The van der Waals surface area contributed by atoms with E-state index in [1.54, 1.807) is 19.4 Å². The third-order valence-corrected chi connectivity index (χ3v) is 5.99. The highest BCUT2D eigenvalue weighted by molar-refractivity contribution is 6.04. The first-order valence-corrected chi connectivity index (χ1v) is 11.6. The first-order valence-electron chi connectivity index (χ1n) is 11.6. The van der Waals surface area contributed by atoms with Crippen LogP contribution in [0.3, 0.4) is 0 Å². The van der Waals surface area contributed by atoms with Crippen LogP contribution in [0.1, 0.15) is 31.2 Å². The molecule has 180 valence electrons. The van der Waals surface area contributed by atoms with Gasteiger partial charge in [-0.1, -0.05) is 36.4 Å². The molecule has 1 saturated heterocycles. The lowest BCUT2D eigenvalue weighted by atomic mass is 10.0. The highest BCUT2D eigenvalue weighted by atomic mass is 16.5. The third kappa shape index (κ3) is 5.40. The van der Waals surface area contributed by atoms with Gasteiger partial charge in [0.1, 0.15) is 11.7 Å². The van der Waals surface area contributed by atoms with Crippen LogP contribution in [0.25, 0.3) is 27.8 Å². The molecular formula is C26H30N8O. The molecule has 0 spiro atoms. The normalized spacial score (nSPS) is 14.7. The molecule has 0 radical (unpaired) electrons. The molecule has 0 saturated carbocycles. The number of hydrazine groups is 1. The summed E-state index contributed by atoms with van der Waals surface area (Å²) in [5, 5.41) is 11.6. The van der Waals surface area contributed by atoms with Crippen LogP contribution in [-0.2, 0) is 11.3 Å². The Morgan fingerprint density at radius 2 is 1.80 bits per heavy atom. The summed E-state index contributed by atoms with van der Waals surface area (Å²) < 4.78 is 7.64. The van der Waals surface area contributed by atoms with Crippen molar-refractivity contribution in [1.29, 1.82) is 5.26 Å². The first kappa shape index (κ1) is 24.1. The number of hydrogen-bond donors (Lipinski definition) is 2. The first-order chi connectivity index (χ1) is 17.0. The maximum Gasteiger partial charge on any atom is 0.234 e. The van der Waals surface area contributed by atoms with E-state index in [4.69, 9.17) is 16.3 Å². The maximum absolute atomic E-state index is 9.27. The van der Waals surface area contributed by atoms with E-state index in [0.29, 0.717) is 17.3 Å². The summed E-state index contributed by atoms with van der Waals surface area (Å²) in [4.78, 5) is 13.3. The van der Waals surface area contributed by atoms with E-state index in [2.05, 4.69) is 19.5 Å². The Morgan fingerprint density at radius 3 is 2.37 bits per heavy atom. The van der Waals surface area contributed by atoms with Crippen molar-refractivity contribution in [1.82, 2.24) is 24.5 Å². The Hall–Kier alpha value is -4.00. The summed E-state index contributed by atoms with van der Waals surface area (Å²) in [6, 6.07) is 16.1. The molecule has 0 amide bonds. The number of rotatable bonds is 4. The molecule has 1 fully saturated rings. The summed E-state index contributed by atoms with van der Waals surface area (Å²) >= 11 is 0. The second-order valence-electron chi connectivity index (χ2n) is 8.60. The quantitative estimate of drug-likeness (QED) is 0.342. The van der Waals surface area contributed by atoms with Gasteiger partial charge in [0, 0.05) is 50.5 Å². The molecule has 9 nitrogen and oxygen atoms in total. The minimum Gasteiger partial charge on any atom is -0.401 e. The van der Waals surface area contributed by atoms with E-state index in [-0.39, 0.29) is 5.82 Å². The fraction of sp³-hybridized carbons (Fsp3) is 0.308. The molecule has 0 atom stereocenters. The van der Waals surface area contributed by atoms with Gasteiger partial charge in [-0.05, 0) is 31.7 Å². The van der Waals surface area contributed by atoms with Crippen molar-refractivity contribution in [2.75, 3.05) is 20.3 Å². The van der Waals surface area contributed by atoms with Crippen molar-refractivity contribution in [3.63, 3.8) is 0 Å². The lowest BCUT2D eigenvalue weighted by molar-refractivity contribution is 0.0619. The summed E-state index contributed by atoms with van der Waals surface area (Å²) in [5.74, 6) is 6.62. The van der Waals surface area contributed by atoms with Crippen molar-refractivity contribution in [3.8, 4) is 6.07 Å². The molecular weight excluding hydrogens is 440 g/mol. The number of ether oxygens (including phenoxy) is 1. The summed E-state index contributed by atoms with van der Waals surface area (Å²) in [6.45, 7) is 4.11. The van der Waals surface area contributed by atoms with Crippen molar-refractivity contribution in [3.05, 3.63) is 71.9 Å². The molecule has 0 bridgehead atoms. The minimum absolute atomic E-state index is 0.147. The molecule has 1 aromatic carbocycles. The van der Waals surface area contributed by atoms with Crippen molar-refractivity contribution in [2.24, 2.45) is 17.5 Å². The van der Waals surface area contributed by atoms with Gasteiger partial charge in [0.2, 0.25) is 5.82 Å².